The van der Waals surface area contributed by atoms with Crippen LogP contribution in [0, 0.1) is 6.92 Å². The molecule has 2 heterocycles. The monoisotopic (exact) mass is 317 g/mol. The average molecular weight is 317 g/mol. The van der Waals surface area contributed by atoms with Crippen molar-refractivity contribution < 1.29 is 9.21 Å². The predicted octanol–water partition coefficient (Wildman–Crippen LogP) is 3.87. The summed E-state index contributed by atoms with van der Waals surface area (Å²) in [5.41, 5.74) is 3.91. The number of rotatable bonds is 3. The molecule has 24 heavy (non-hydrogen) atoms. The molecule has 0 radical (unpaired) electrons. The van der Waals surface area contributed by atoms with Crippen LogP contribution in [0.4, 0.5) is 5.69 Å². The zero-order valence-electron chi connectivity index (χ0n) is 13.1. The minimum atomic E-state index is -0.0901. The molecular weight excluding hydrogens is 302 g/mol. The zero-order valence-corrected chi connectivity index (χ0v) is 13.1. The summed E-state index contributed by atoms with van der Waals surface area (Å²) < 4.78 is 5.44. The van der Waals surface area contributed by atoms with Gasteiger partial charge in [-0.15, -0.1) is 0 Å². The van der Waals surface area contributed by atoms with Crippen LogP contribution in [-0.2, 0) is 11.2 Å². The Balaban J connectivity index is 1.56. The van der Waals surface area contributed by atoms with E-state index in [0.717, 1.165) is 22.0 Å². The van der Waals surface area contributed by atoms with Gasteiger partial charge in [-0.05, 0) is 29.8 Å². The number of fused-ring (bicyclic) bond motifs is 2. The molecule has 4 aromatic rings. The van der Waals surface area contributed by atoms with Crippen LogP contribution in [0.25, 0.3) is 22.0 Å². The van der Waals surface area contributed by atoms with Crippen molar-refractivity contribution in [2.24, 2.45) is 0 Å². The highest BCUT2D eigenvalue weighted by Crippen LogP contribution is 2.21. The van der Waals surface area contributed by atoms with Crippen molar-refractivity contribution in [2.45, 2.75) is 13.3 Å². The third kappa shape index (κ3) is 2.72. The van der Waals surface area contributed by atoms with Crippen LogP contribution < -0.4 is 5.32 Å². The highest BCUT2D eigenvalue weighted by molar-refractivity contribution is 5.96. The lowest BCUT2D eigenvalue weighted by Crippen LogP contribution is -2.14. The molecule has 0 fully saturated rings. The van der Waals surface area contributed by atoms with E-state index < -0.39 is 0 Å². The summed E-state index contributed by atoms with van der Waals surface area (Å²) in [6.45, 7) is 1.80. The van der Waals surface area contributed by atoms with Gasteiger partial charge in [0.25, 0.3) is 0 Å². The van der Waals surface area contributed by atoms with Crippen molar-refractivity contribution in [3.63, 3.8) is 0 Å². The second-order valence-electron chi connectivity index (χ2n) is 5.63. The second-order valence-corrected chi connectivity index (χ2v) is 5.63. The lowest BCUT2D eigenvalue weighted by Gasteiger charge is -2.07. The van der Waals surface area contributed by atoms with Gasteiger partial charge in [0.15, 0.2) is 11.5 Å². The first kappa shape index (κ1) is 14.4. The SMILES string of the molecule is Cc1nc2cc(NC(=O)Cc3cccc4cccnc34)ccc2o1. The molecule has 1 N–H and O–H groups in total. The molecular formula is C19H15N3O2. The fourth-order valence-corrected chi connectivity index (χ4v) is 2.81. The van der Waals surface area contributed by atoms with Crippen LogP contribution in [0.15, 0.2) is 59.1 Å². The van der Waals surface area contributed by atoms with Crippen molar-refractivity contribution >= 4 is 33.6 Å². The first-order valence-electron chi connectivity index (χ1n) is 7.69. The van der Waals surface area contributed by atoms with Crippen molar-refractivity contribution in [1.82, 2.24) is 9.97 Å². The molecule has 0 aliphatic rings. The minimum Gasteiger partial charge on any atom is -0.441 e. The summed E-state index contributed by atoms with van der Waals surface area (Å²) >= 11 is 0. The molecule has 2 aromatic carbocycles. The first-order chi connectivity index (χ1) is 11.7. The van der Waals surface area contributed by atoms with Gasteiger partial charge in [0.2, 0.25) is 5.91 Å². The molecule has 0 unspecified atom stereocenters. The van der Waals surface area contributed by atoms with Gasteiger partial charge in [-0.25, -0.2) is 4.98 Å². The maximum absolute atomic E-state index is 12.4. The number of carbonyl (C=O) groups is 1. The highest BCUT2D eigenvalue weighted by atomic mass is 16.3. The summed E-state index contributed by atoms with van der Waals surface area (Å²) in [4.78, 5) is 21.0. The molecule has 5 heteroatoms. The van der Waals surface area contributed by atoms with Gasteiger partial charge in [-0.1, -0.05) is 24.3 Å². The van der Waals surface area contributed by atoms with E-state index in [-0.39, 0.29) is 12.3 Å². The average Bonchev–Trinajstić information content (AvgIpc) is 2.94. The molecule has 0 aliphatic carbocycles. The molecule has 0 saturated carbocycles. The molecule has 1 amide bonds. The number of benzene rings is 2. The molecule has 5 nitrogen and oxygen atoms in total. The molecule has 0 atom stereocenters. The van der Waals surface area contributed by atoms with Crippen molar-refractivity contribution in [2.75, 3.05) is 5.32 Å². The molecule has 0 spiro atoms. The fourth-order valence-electron chi connectivity index (χ4n) is 2.81. The van der Waals surface area contributed by atoms with Gasteiger partial charge in [-0.3, -0.25) is 9.78 Å². The Kier molecular flexibility index (Phi) is 3.46. The maximum atomic E-state index is 12.4. The van der Waals surface area contributed by atoms with E-state index in [9.17, 15) is 4.79 Å². The van der Waals surface area contributed by atoms with Crippen molar-refractivity contribution in [3.8, 4) is 0 Å². The first-order valence-corrected chi connectivity index (χ1v) is 7.69. The smallest absolute Gasteiger partial charge is 0.228 e. The lowest BCUT2D eigenvalue weighted by atomic mass is 10.1. The summed E-state index contributed by atoms with van der Waals surface area (Å²) in [5.74, 6) is 0.517. The van der Waals surface area contributed by atoms with Crippen molar-refractivity contribution in [1.29, 1.82) is 0 Å². The number of aryl methyl sites for hydroxylation is 1. The van der Waals surface area contributed by atoms with Gasteiger partial charge in [0, 0.05) is 24.2 Å². The number of para-hydroxylation sites is 1. The number of aromatic nitrogens is 2. The highest BCUT2D eigenvalue weighted by Gasteiger charge is 2.09. The van der Waals surface area contributed by atoms with Crippen LogP contribution >= 0.6 is 0 Å². The normalized spacial score (nSPS) is 11.0. The molecule has 0 aliphatic heterocycles. The van der Waals surface area contributed by atoms with Gasteiger partial charge < -0.3 is 9.73 Å². The maximum Gasteiger partial charge on any atom is 0.228 e. The third-order valence-corrected chi connectivity index (χ3v) is 3.85. The quantitative estimate of drug-likeness (QED) is 0.623. The number of oxazole rings is 1. The number of carbonyl (C=O) groups excluding carboxylic acids is 1. The van der Waals surface area contributed by atoms with E-state index in [1.807, 2.05) is 48.5 Å². The Morgan fingerprint density at radius 2 is 2.04 bits per heavy atom. The van der Waals surface area contributed by atoms with E-state index in [1.165, 1.54) is 0 Å². The number of hydrogen-bond donors (Lipinski definition) is 1. The Morgan fingerprint density at radius 1 is 1.17 bits per heavy atom. The number of nitrogens with one attached hydrogen (secondary N) is 1. The van der Waals surface area contributed by atoms with E-state index in [0.29, 0.717) is 17.2 Å². The Labute approximate surface area is 138 Å². The lowest BCUT2D eigenvalue weighted by molar-refractivity contribution is -0.115. The number of pyridine rings is 1. The van der Waals surface area contributed by atoms with E-state index in [4.69, 9.17) is 4.42 Å². The Bertz CT molecular complexity index is 1050. The molecule has 4 rings (SSSR count). The minimum absolute atomic E-state index is 0.0901. The Morgan fingerprint density at radius 3 is 2.96 bits per heavy atom. The number of amides is 1. The van der Waals surface area contributed by atoms with E-state index >= 15 is 0 Å². The topological polar surface area (TPSA) is 68.0 Å². The standard InChI is InChI=1S/C19H15N3O2/c1-12-21-16-11-15(7-8-17(16)24-12)22-18(23)10-14-5-2-4-13-6-3-9-20-19(13)14/h2-9,11H,10H2,1H3,(H,22,23). The number of nitrogens with zero attached hydrogens (tertiary/aromatic N) is 2. The van der Waals surface area contributed by atoms with Gasteiger partial charge >= 0.3 is 0 Å². The summed E-state index contributed by atoms with van der Waals surface area (Å²) in [7, 11) is 0. The largest absolute Gasteiger partial charge is 0.441 e. The molecule has 0 bridgehead atoms. The summed E-state index contributed by atoms with van der Waals surface area (Å²) in [6.07, 6.45) is 2.01. The fraction of sp³-hybridized carbons (Fsp3) is 0.105. The van der Waals surface area contributed by atoms with Gasteiger partial charge in [0.05, 0.1) is 11.9 Å². The molecule has 118 valence electrons. The van der Waals surface area contributed by atoms with E-state index in [1.54, 1.807) is 13.1 Å². The van der Waals surface area contributed by atoms with Crippen LogP contribution in [0.2, 0.25) is 0 Å². The third-order valence-electron chi connectivity index (χ3n) is 3.85. The van der Waals surface area contributed by atoms with Crippen LogP contribution in [0.5, 0.6) is 0 Å². The summed E-state index contributed by atoms with van der Waals surface area (Å²) in [5, 5.41) is 3.94. The Hall–Kier alpha value is -3.21. The van der Waals surface area contributed by atoms with Gasteiger partial charge in [-0.2, -0.15) is 0 Å². The summed E-state index contributed by atoms with van der Waals surface area (Å²) in [6, 6.07) is 15.2. The number of hydrogen-bond acceptors (Lipinski definition) is 4. The molecule has 0 saturated heterocycles. The second kappa shape index (κ2) is 5.77. The van der Waals surface area contributed by atoms with E-state index in [2.05, 4.69) is 15.3 Å². The zero-order chi connectivity index (χ0) is 16.5. The molecule has 2 aromatic heterocycles. The van der Waals surface area contributed by atoms with Crippen LogP contribution in [0.1, 0.15) is 11.5 Å². The number of anilines is 1. The van der Waals surface area contributed by atoms with Crippen LogP contribution in [0.3, 0.4) is 0 Å². The van der Waals surface area contributed by atoms with Crippen molar-refractivity contribution in [3.05, 3.63) is 66.2 Å². The van der Waals surface area contributed by atoms with Crippen LogP contribution in [-0.4, -0.2) is 15.9 Å². The predicted molar refractivity (Wildman–Crippen MR) is 92.8 cm³/mol. The van der Waals surface area contributed by atoms with Gasteiger partial charge in [0.1, 0.15) is 5.52 Å².